The summed E-state index contributed by atoms with van der Waals surface area (Å²) in [5, 5.41) is 5.98. The van der Waals surface area contributed by atoms with E-state index in [4.69, 9.17) is 0 Å². The lowest BCUT2D eigenvalue weighted by atomic mass is 10.1. The van der Waals surface area contributed by atoms with Crippen LogP contribution in [0.5, 0.6) is 0 Å². The minimum absolute atomic E-state index is 0.0150. The summed E-state index contributed by atoms with van der Waals surface area (Å²) in [6, 6.07) is 8.19. The van der Waals surface area contributed by atoms with Gasteiger partial charge in [0.1, 0.15) is 0 Å². The van der Waals surface area contributed by atoms with Gasteiger partial charge >= 0.3 is 0 Å². The number of piperazine rings is 1. The standard InChI is InChI=1S/C20H32N4O2/c1-4-16(3)21-19(25)14-23-9-11-24(12-10-23)15-20(26)22-18-8-6-7-17(5-2)13-18/h6-8,13,16H,4-5,9-12,14-15H2,1-3H3,(H,21,25)(H,22,26). The zero-order chi connectivity index (χ0) is 18.9. The number of carbonyl (C=O) groups is 2. The number of nitrogens with zero attached hydrogens (tertiary/aromatic N) is 2. The van der Waals surface area contributed by atoms with E-state index in [1.165, 1.54) is 5.56 Å². The number of anilines is 1. The molecule has 6 heteroatoms. The van der Waals surface area contributed by atoms with Crippen molar-refractivity contribution in [2.75, 3.05) is 44.6 Å². The number of hydrogen-bond donors (Lipinski definition) is 2. The Balaban J connectivity index is 1.71. The van der Waals surface area contributed by atoms with Crippen LogP contribution in [-0.2, 0) is 16.0 Å². The molecule has 0 radical (unpaired) electrons. The highest BCUT2D eigenvalue weighted by Crippen LogP contribution is 2.11. The predicted octanol–water partition coefficient (Wildman–Crippen LogP) is 1.72. The monoisotopic (exact) mass is 360 g/mol. The van der Waals surface area contributed by atoms with Crippen LogP contribution in [0.3, 0.4) is 0 Å². The van der Waals surface area contributed by atoms with Gasteiger partial charge in [-0.25, -0.2) is 0 Å². The van der Waals surface area contributed by atoms with Crippen LogP contribution in [0.2, 0.25) is 0 Å². The SMILES string of the molecule is CCc1cccc(NC(=O)CN2CCN(CC(=O)NC(C)CC)CC2)c1. The fourth-order valence-corrected chi connectivity index (χ4v) is 3.00. The van der Waals surface area contributed by atoms with Crippen molar-refractivity contribution in [3.8, 4) is 0 Å². The highest BCUT2D eigenvalue weighted by molar-refractivity contribution is 5.92. The van der Waals surface area contributed by atoms with Gasteiger partial charge in [-0.2, -0.15) is 0 Å². The van der Waals surface area contributed by atoms with E-state index in [0.29, 0.717) is 13.1 Å². The molecule has 1 aliphatic rings. The van der Waals surface area contributed by atoms with Gasteiger partial charge in [0.15, 0.2) is 0 Å². The molecule has 2 rings (SSSR count). The van der Waals surface area contributed by atoms with Crippen molar-refractivity contribution in [3.63, 3.8) is 0 Å². The summed E-state index contributed by atoms with van der Waals surface area (Å²) in [6.07, 6.45) is 1.89. The second-order valence-electron chi connectivity index (χ2n) is 7.03. The van der Waals surface area contributed by atoms with Crippen molar-refractivity contribution in [2.24, 2.45) is 0 Å². The summed E-state index contributed by atoms with van der Waals surface area (Å²) < 4.78 is 0. The predicted molar refractivity (Wildman–Crippen MR) is 105 cm³/mol. The quantitative estimate of drug-likeness (QED) is 0.741. The summed E-state index contributed by atoms with van der Waals surface area (Å²) in [5.74, 6) is 0.0996. The Morgan fingerprint density at radius 3 is 2.23 bits per heavy atom. The third-order valence-corrected chi connectivity index (χ3v) is 4.84. The Morgan fingerprint density at radius 2 is 1.65 bits per heavy atom. The summed E-state index contributed by atoms with van der Waals surface area (Å²) in [6.45, 7) is 10.2. The second kappa shape index (κ2) is 10.3. The molecule has 1 aliphatic heterocycles. The average Bonchev–Trinajstić information content (AvgIpc) is 2.63. The molecular weight excluding hydrogens is 328 g/mol. The maximum absolute atomic E-state index is 12.3. The molecule has 26 heavy (non-hydrogen) atoms. The molecule has 1 unspecified atom stereocenters. The summed E-state index contributed by atoms with van der Waals surface area (Å²) in [5.41, 5.74) is 2.07. The molecule has 2 amide bonds. The lowest BCUT2D eigenvalue weighted by molar-refractivity contribution is -0.124. The van der Waals surface area contributed by atoms with Gasteiger partial charge < -0.3 is 10.6 Å². The van der Waals surface area contributed by atoms with E-state index in [2.05, 4.69) is 40.3 Å². The Kier molecular flexibility index (Phi) is 8.06. The van der Waals surface area contributed by atoms with Gasteiger partial charge in [0, 0.05) is 37.9 Å². The van der Waals surface area contributed by atoms with Crippen LogP contribution in [0.4, 0.5) is 5.69 Å². The van der Waals surface area contributed by atoms with Crippen LogP contribution in [-0.4, -0.2) is 66.9 Å². The van der Waals surface area contributed by atoms with E-state index in [0.717, 1.165) is 44.7 Å². The van der Waals surface area contributed by atoms with Crippen LogP contribution >= 0.6 is 0 Å². The van der Waals surface area contributed by atoms with Gasteiger partial charge in [0.05, 0.1) is 13.1 Å². The molecule has 0 bridgehead atoms. The number of aryl methyl sites for hydroxylation is 1. The minimum Gasteiger partial charge on any atom is -0.353 e. The Bertz CT molecular complexity index is 597. The van der Waals surface area contributed by atoms with Crippen LogP contribution in [0.15, 0.2) is 24.3 Å². The summed E-state index contributed by atoms with van der Waals surface area (Å²) >= 11 is 0. The smallest absolute Gasteiger partial charge is 0.238 e. The van der Waals surface area contributed by atoms with Crippen LogP contribution in [0.25, 0.3) is 0 Å². The number of rotatable bonds is 8. The molecule has 1 aromatic rings. The highest BCUT2D eigenvalue weighted by Gasteiger charge is 2.21. The third kappa shape index (κ3) is 6.77. The van der Waals surface area contributed by atoms with Gasteiger partial charge in [0.2, 0.25) is 11.8 Å². The van der Waals surface area contributed by atoms with Gasteiger partial charge in [-0.05, 0) is 37.5 Å². The number of amides is 2. The average molecular weight is 361 g/mol. The zero-order valence-electron chi connectivity index (χ0n) is 16.3. The highest BCUT2D eigenvalue weighted by atomic mass is 16.2. The first-order valence-corrected chi connectivity index (χ1v) is 9.63. The maximum atomic E-state index is 12.3. The van der Waals surface area contributed by atoms with Crippen molar-refractivity contribution >= 4 is 17.5 Å². The molecule has 1 saturated heterocycles. The Hall–Kier alpha value is -1.92. The van der Waals surface area contributed by atoms with Crippen molar-refractivity contribution in [3.05, 3.63) is 29.8 Å². The number of hydrogen-bond acceptors (Lipinski definition) is 4. The van der Waals surface area contributed by atoms with E-state index in [9.17, 15) is 9.59 Å². The third-order valence-electron chi connectivity index (χ3n) is 4.84. The van der Waals surface area contributed by atoms with Crippen molar-refractivity contribution in [1.82, 2.24) is 15.1 Å². The molecule has 0 aromatic heterocycles. The van der Waals surface area contributed by atoms with Crippen LogP contribution in [0.1, 0.15) is 32.8 Å². The first-order chi connectivity index (χ1) is 12.5. The number of carbonyl (C=O) groups excluding carboxylic acids is 2. The first kappa shape index (κ1) is 20.4. The zero-order valence-corrected chi connectivity index (χ0v) is 16.3. The Labute approximate surface area is 156 Å². The molecule has 1 aromatic carbocycles. The van der Waals surface area contributed by atoms with E-state index < -0.39 is 0 Å². The lowest BCUT2D eigenvalue weighted by Crippen LogP contribution is -2.51. The molecule has 144 valence electrons. The van der Waals surface area contributed by atoms with E-state index in [1.54, 1.807) is 0 Å². The molecule has 1 heterocycles. The molecule has 1 fully saturated rings. The second-order valence-corrected chi connectivity index (χ2v) is 7.03. The van der Waals surface area contributed by atoms with Gasteiger partial charge in [0.25, 0.3) is 0 Å². The number of nitrogens with one attached hydrogen (secondary N) is 2. The first-order valence-electron chi connectivity index (χ1n) is 9.63. The van der Waals surface area contributed by atoms with E-state index in [-0.39, 0.29) is 17.9 Å². The summed E-state index contributed by atoms with van der Waals surface area (Å²) in [4.78, 5) is 28.5. The van der Waals surface area contributed by atoms with Crippen molar-refractivity contribution in [1.29, 1.82) is 0 Å². The fraction of sp³-hybridized carbons (Fsp3) is 0.600. The fourth-order valence-electron chi connectivity index (χ4n) is 3.00. The number of benzene rings is 1. The van der Waals surface area contributed by atoms with Crippen molar-refractivity contribution in [2.45, 2.75) is 39.7 Å². The maximum Gasteiger partial charge on any atom is 0.238 e. The largest absolute Gasteiger partial charge is 0.353 e. The van der Waals surface area contributed by atoms with Crippen LogP contribution in [0, 0.1) is 0 Å². The topological polar surface area (TPSA) is 64.7 Å². The normalized spacial score (nSPS) is 16.9. The van der Waals surface area contributed by atoms with Gasteiger partial charge in [-0.1, -0.05) is 26.0 Å². The van der Waals surface area contributed by atoms with Crippen LogP contribution < -0.4 is 10.6 Å². The van der Waals surface area contributed by atoms with E-state index >= 15 is 0 Å². The molecule has 1 atom stereocenters. The summed E-state index contributed by atoms with van der Waals surface area (Å²) in [7, 11) is 0. The van der Waals surface area contributed by atoms with Gasteiger partial charge in [-0.3, -0.25) is 19.4 Å². The van der Waals surface area contributed by atoms with Gasteiger partial charge in [-0.15, -0.1) is 0 Å². The lowest BCUT2D eigenvalue weighted by Gasteiger charge is -2.34. The molecular formula is C20H32N4O2. The van der Waals surface area contributed by atoms with E-state index in [1.807, 2.05) is 25.1 Å². The molecule has 0 aliphatic carbocycles. The molecule has 2 N–H and O–H groups in total. The van der Waals surface area contributed by atoms with Crippen molar-refractivity contribution < 1.29 is 9.59 Å². The molecule has 0 spiro atoms. The minimum atomic E-state index is 0.0150. The molecule has 0 saturated carbocycles. The Morgan fingerprint density at radius 1 is 1.04 bits per heavy atom. The molecule has 6 nitrogen and oxygen atoms in total.